The van der Waals surface area contributed by atoms with Crippen LogP contribution in [0.4, 0.5) is 17.6 Å². The summed E-state index contributed by atoms with van der Waals surface area (Å²) in [5, 5.41) is 1.72. The number of aryl methyl sites for hydroxylation is 1. The molecule has 0 aliphatic rings. The fourth-order valence-electron chi connectivity index (χ4n) is 2.91. The molecular formula is C23H25F4NO. The van der Waals surface area contributed by atoms with E-state index in [0.29, 0.717) is 5.56 Å². The summed E-state index contributed by atoms with van der Waals surface area (Å²) >= 11 is 0. The molecule has 0 aromatic heterocycles. The van der Waals surface area contributed by atoms with Gasteiger partial charge in [0.1, 0.15) is 0 Å². The van der Waals surface area contributed by atoms with Crippen molar-refractivity contribution in [1.29, 1.82) is 0 Å². The number of carbonyl (C=O) groups excluding carboxylic acids is 1. The molecule has 156 valence electrons. The highest BCUT2D eigenvalue weighted by atomic mass is 19.3. The van der Waals surface area contributed by atoms with Gasteiger partial charge in [0.2, 0.25) is 5.91 Å². The van der Waals surface area contributed by atoms with Gasteiger partial charge in [-0.25, -0.2) is 0 Å². The van der Waals surface area contributed by atoms with Crippen LogP contribution in [0.25, 0.3) is 11.1 Å². The first-order valence-electron chi connectivity index (χ1n) is 9.57. The van der Waals surface area contributed by atoms with Crippen LogP contribution in [-0.4, -0.2) is 18.4 Å². The molecule has 2 nitrogen and oxygen atoms in total. The Kier molecular flexibility index (Phi) is 7.59. The number of nitrogens with one attached hydrogen (secondary N) is 1. The van der Waals surface area contributed by atoms with Crippen molar-refractivity contribution < 1.29 is 22.4 Å². The summed E-state index contributed by atoms with van der Waals surface area (Å²) in [4.78, 5) is 11.0. The number of hydrogen-bond acceptors (Lipinski definition) is 1. The average Bonchev–Trinajstić information content (AvgIpc) is 2.72. The number of hydrogen-bond donors (Lipinski definition) is 1. The van der Waals surface area contributed by atoms with Crippen LogP contribution in [-0.2, 0) is 17.1 Å². The fraction of sp³-hybridized carbons (Fsp3) is 0.348. The van der Waals surface area contributed by atoms with Gasteiger partial charge < -0.3 is 5.32 Å². The lowest BCUT2D eigenvalue weighted by atomic mass is 9.97. The number of unbranched alkanes of at least 4 members (excludes halogenated alkanes) is 2. The molecule has 0 aliphatic heterocycles. The summed E-state index contributed by atoms with van der Waals surface area (Å²) in [5.74, 6) is -9.80. The van der Waals surface area contributed by atoms with E-state index in [4.69, 9.17) is 0 Å². The minimum atomic E-state index is -4.44. The molecule has 2 rings (SSSR count). The highest BCUT2D eigenvalue weighted by Crippen LogP contribution is 2.43. The van der Waals surface area contributed by atoms with E-state index in [1.54, 1.807) is 5.32 Å². The molecule has 0 bridgehead atoms. The van der Waals surface area contributed by atoms with Gasteiger partial charge in [0, 0.05) is 5.56 Å². The van der Waals surface area contributed by atoms with Gasteiger partial charge in [-0.15, -0.1) is 0 Å². The summed E-state index contributed by atoms with van der Waals surface area (Å²) in [6.45, 7) is 3.76. The van der Waals surface area contributed by atoms with Gasteiger partial charge in [-0.2, -0.15) is 17.6 Å². The predicted octanol–water partition coefficient (Wildman–Crippen LogP) is 6.12. The standard InChI is InChI=1S/C23H25F4NO/c1-3-5-6-7-17-8-10-18(11-9-17)19-12-14-20(15-13-19)23(26,27)22(24,25)16-28-21(29)4-2/h4,8-15H,2-3,5-7,16H2,1H3,(H,28,29). The lowest BCUT2D eigenvalue weighted by Crippen LogP contribution is -2.47. The molecule has 2 aromatic rings. The van der Waals surface area contributed by atoms with Crippen molar-refractivity contribution in [3.63, 3.8) is 0 Å². The second-order valence-electron chi connectivity index (χ2n) is 6.93. The number of benzene rings is 2. The third kappa shape index (κ3) is 5.68. The smallest absolute Gasteiger partial charge is 0.337 e. The molecule has 0 unspecified atom stereocenters. The lowest BCUT2D eigenvalue weighted by molar-refractivity contribution is -0.212. The first kappa shape index (κ1) is 22.7. The maximum absolute atomic E-state index is 14.3. The minimum absolute atomic E-state index is 0.660. The second-order valence-corrected chi connectivity index (χ2v) is 6.93. The van der Waals surface area contributed by atoms with Gasteiger partial charge in [-0.3, -0.25) is 4.79 Å². The Morgan fingerprint density at radius 2 is 1.52 bits per heavy atom. The van der Waals surface area contributed by atoms with Crippen molar-refractivity contribution in [3.8, 4) is 11.1 Å². The molecule has 0 atom stereocenters. The van der Waals surface area contributed by atoms with Crippen molar-refractivity contribution in [2.45, 2.75) is 44.5 Å². The Bertz CT molecular complexity index is 814. The van der Waals surface area contributed by atoms with Crippen molar-refractivity contribution in [3.05, 3.63) is 72.3 Å². The van der Waals surface area contributed by atoms with Gasteiger partial charge in [0.15, 0.2) is 0 Å². The van der Waals surface area contributed by atoms with Crippen molar-refractivity contribution >= 4 is 5.91 Å². The molecular weight excluding hydrogens is 382 g/mol. The molecule has 0 aliphatic carbocycles. The molecule has 0 saturated heterocycles. The quantitative estimate of drug-likeness (QED) is 0.287. The Morgan fingerprint density at radius 1 is 0.966 bits per heavy atom. The van der Waals surface area contributed by atoms with Gasteiger partial charge in [-0.1, -0.05) is 74.9 Å². The van der Waals surface area contributed by atoms with Gasteiger partial charge in [0.25, 0.3) is 0 Å². The Morgan fingerprint density at radius 3 is 2.03 bits per heavy atom. The zero-order valence-electron chi connectivity index (χ0n) is 16.4. The lowest BCUT2D eigenvalue weighted by Gasteiger charge is -2.27. The Labute approximate surface area is 168 Å². The zero-order chi connectivity index (χ0) is 21.5. The molecule has 0 fully saturated rings. The van der Waals surface area contributed by atoms with E-state index in [0.717, 1.165) is 43.0 Å². The third-order valence-corrected chi connectivity index (χ3v) is 4.73. The molecule has 0 radical (unpaired) electrons. The normalized spacial score (nSPS) is 11.9. The van der Waals surface area contributed by atoms with Gasteiger partial charge in [-0.05, 0) is 35.6 Å². The summed E-state index contributed by atoms with van der Waals surface area (Å²) in [6, 6.07) is 12.6. The maximum atomic E-state index is 14.3. The number of halogens is 4. The van der Waals surface area contributed by atoms with E-state index in [9.17, 15) is 22.4 Å². The van der Waals surface area contributed by atoms with E-state index in [2.05, 4.69) is 13.5 Å². The van der Waals surface area contributed by atoms with E-state index >= 15 is 0 Å². The van der Waals surface area contributed by atoms with Crippen LogP contribution in [0.1, 0.15) is 37.3 Å². The summed E-state index contributed by atoms with van der Waals surface area (Å²) in [5.41, 5.74) is 1.87. The first-order chi connectivity index (χ1) is 13.7. The molecule has 0 heterocycles. The van der Waals surface area contributed by atoms with Crippen LogP contribution in [0.2, 0.25) is 0 Å². The predicted molar refractivity (Wildman–Crippen MR) is 107 cm³/mol. The molecule has 0 saturated carbocycles. The fourth-order valence-corrected chi connectivity index (χ4v) is 2.91. The highest BCUT2D eigenvalue weighted by Gasteiger charge is 2.57. The number of carbonyl (C=O) groups is 1. The summed E-state index contributed by atoms with van der Waals surface area (Å²) in [6.07, 6.45) is 5.16. The monoisotopic (exact) mass is 407 g/mol. The molecule has 1 N–H and O–H groups in total. The van der Waals surface area contributed by atoms with E-state index < -0.39 is 29.9 Å². The number of amides is 1. The molecule has 29 heavy (non-hydrogen) atoms. The Balaban J connectivity index is 2.12. The third-order valence-electron chi connectivity index (χ3n) is 4.73. The van der Waals surface area contributed by atoms with E-state index in [1.165, 1.54) is 24.1 Å². The second kappa shape index (κ2) is 9.72. The van der Waals surface area contributed by atoms with Crippen LogP contribution in [0.15, 0.2) is 61.2 Å². The Hall–Kier alpha value is -2.63. The highest BCUT2D eigenvalue weighted by molar-refractivity contribution is 5.86. The SMILES string of the molecule is C=CC(=O)NCC(F)(F)C(F)(F)c1ccc(-c2ccc(CCCCC)cc2)cc1. The van der Waals surface area contributed by atoms with Crippen LogP contribution in [0.3, 0.4) is 0 Å². The van der Waals surface area contributed by atoms with Crippen LogP contribution >= 0.6 is 0 Å². The number of rotatable bonds is 10. The maximum Gasteiger partial charge on any atom is 0.337 e. The summed E-state index contributed by atoms with van der Waals surface area (Å²) < 4.78 is 56.6. The summed E-state index contributed by atoms with van der Waals surface area (Å²) in [7, 11) is 0. The molecule has 2 aromatic carbocycles. The number of alkyl halides is 4. The zero-order valence-corrected chi connectivity index (χ0v) is 16.4. The van der Waals surface area contributed by atoms with Crippen LogP contribution in [0, 0.1) is 0 Å². The molecule has 6 heteroatoms. The first-order valence-corrected chi connectivity index (χ1v) is 9.57. The van der Waals surface area contributed by atoms with E-state index in [1.807, 2.05) is 24.3 Å². The van der Waals surface area contributed by atoms with Crippen molar-refractivity contribution in [2.75, 3.05) is 6.54 Å². The van der Waals surface area contributed by atoms with E-state index in [-0.39, 0.29) is 0 Å². The van der Waals surface area contributed by atoms with Crippen molar-refractivity contribution in [2.24, 2.45) is 0 Å². The van der Waals surface area contributed by atoms with Crippen molar-refractivity contribution in [1.82, 2.24) is 5.32 Å². The molecule has 0 spiro atoms. The largest absolute Gasteiger partial charge is 0.346 e. The average molecular weight is 407 g/mol. The van der Waals surface area contributed by atoms with Gasteiger partial charge in [0.05, 0.1) is 6.54 Å². The minimum Gasteiger partial charge on any atom is -0.346 e. The molecule has 1 amide bonds. The van der Waals surface area contributed by atoms with Crippen LogP contribution in [0.5, 0.6) is 0 Å². The van der Waals surface area contributed by atoms with Gasteiger partial charge >= 0.3 is 11.8 Å². The van der Waals surface area contributed by atoms with Crippen LogP contribution < -0.4 is 5.32 Å². The topological polar surface area (TPSA) is 29.1 Å².